The van der Waals surface area contributed by atoms with Crippen LogP contribution in [0.1, 0.15) is 19.3 Å². The van der Waals surface area contributed by atoms with Gasteiger partial charge in [-0.15, -0.1) is 0 Å². The molecule has 0 spiro atoms. The molecule has 0 aliphatic rings. The highest BCUT2D eigenvalue weighted by Gasteiger charge is 2.10. The van der Waals surface area contributed by atoms with Gasteiger partial charge in [0.25, 0.3) is 0 Å². The van der Waals surface area contributed by atoms with Crippen molar-refractivity contribution < 1.29 is 33.3 Å². The van der Waals surface area contributed by atoms with Gasteiger partial charge in [0.15, 0.2) is 5.12 Å². The second-order valence-corrected chi connectivity index (χ2v) is 5.14. The van der Waals surface area contributed by atoms with Crippen LogP contribution in [0.5, 0.6) is 0 Å². The van der Waals surface area contributed by atoms with Crippen molar-refractivity contribution in [3.63, 3.8) is 0 Å². The maximum absolute atomic E-state index is 11.5. The van der Waals surface area contributed by atoms with Crippen molar-refractivity contribution >= 4 is 28.8 Å². The van der Waals surface area contributed by atoms with Crippen LogP contribution in [-0.4, -0.2) is 49.2 Å². The minimum Gasteiger partial charge on any atom is -0.498 e. The standard InChI is InChI=1S/C15H22O7S/c1-3-19-8-10-21-13(16)5-6-15(18)23-12-7-14(17)22-11-9-20-4-2/h3-4H,1-2,5-12H2. The highest BCUT2D eigenvalue weighted by atomic mass is 32.2. The zero-order chi connectivity index (χ0) is 17.3. The lowest BCUT2D eigenvalue weighted by atomic mass is 10.3. The van der Waals surface area contributed by atoms with E-state index in [2.05, 4.69) is 13.2 Å². The molecule has 0 fully saturated rings. The number of carbonyl (C=O) groups excluding carboxylic acids is 3. The van der Waals surface area contributed by atoms with Crippen LogP contribution in [0.15, 0.2) is 25.7 Å². The van der Waals surface area contributed by atoms with Gasteiger partial charge in [0.1, 0.15) is 26.4 Å². The third-order valence-electron chi connectivity index (χ3n) is 2.27. The van der Waals surface area contributed by atoms with E-state index in [4.69, 9.17) is 18.9 Å². The van der Waals surface area contributed by atoms with Gasteiger partial charge in [0.05, 0.1) is 25.4 Å². The van der Waals surface area contributed by atoms with E-state index in [0.717, 1.165) is 11.8 Å². The van der Waals surface area contributed by atoms with Crippen LogP contribution < -0.4 is 0 Å². The fourth-order valence-corrected chi connectivity index (χ4v) is 1.99. The molecule has 23 heavy (non-hydrogen) atoms. The number of carbonyl (C=O) groups is 3. The first-order valence-electron chi connectivity index (χ1n) is 7.02. The second-order valence-electron chi connectivity index (χ2n) is 3.99. The van der Waals surface area contributed by atoms with Gasteiger partial charge in [-0.05, 0) is 0 Å². The van der Waals surface area contributed by atoms with Crippen LogP contribution >= 0.6 is 11.8 Å². The Balaban J connectivity index is 3.55. The van der Waals surface area contributed by atoms with E-state index in [0.29, 0.717) is 5.75 Å². The molecule has 0 saturated heterocycles. The lowest BCUT2D eigenvalue weighted by molar-refractivity contribution is -0.145. The first-order valence-corrected chi connectivity index (χ1v) is 8.00. The number of hydrogen-bond acceptors (Lipinski definition) is 8. The fourth-order valence-electron chi connectivity index (χ4n) is 1.24. The third-order valence-corrected chi connectivity index (χ3v) is 3.20. The molecular weight excluding hydrogens is 324 g/mol. The zero-order valence-corrected chi connectivity index (χ0v) is 13.8. The summed E-state index contributed by atoms with van der Waals surface area (Å²) in [5.74, 6) is -0.560. The van der Waals surface area contributed by atoms with Crippen molar-refractivity contribution in [2.45, 2.75) is 19.3 Å². The van der Waals surface area contributed by atoms with Crippen molar-refractivity contribution in [2.75, 3.05) is 32.2 Å². The Kier molecular flexibility index (Phi) is 13.7. The monoisotopic (exact) mass is 346 g/mol. The first kappa shape index (κ1) is 21.0. The summed E-state index contributed by atoms with van der Waals surface area (Å²) < 4.78 is 19.3. The Labute approximate surface area is 140 Å². The minimum atomic E-state index is -0.465. The van der Waals surface area contributed by atoms with Crippen LogP contribution in [0.25, 0.3) is 0 Å². The Morgan fingerprint density at radius 2 is 1.30 bits per heavy atom. The number of rotatable bonds is 14. The van der Waals surface area contributed by atoms with Crippen molar-refractivity contribution in [2.24, 2.45) is 0 Å². The number of thioether (sulfide) groups is 1. The highest BCUT2D eigenvalue weighted by molar-refractivity contribution is 8.13. The van der Waals surface area contributed by atoms with Gasteiger partial charge >= 0.3 is 11.9 Å². The molecule has 0 aliphatic heterocycles. The fraction of sp³-hybridized carbons (Fsp3) is 0.533. The first-order chi connectivity index (χ1) is 11.1. The van der Waals surface area contributed by atoms with E-state index in [1.807, 2.05) is 0 Å². The molecule has 0 aliphatic carbocycles. The average molecular weight is 346 g/mol. The van der Waals surface area contributed by atoms with E-state index >= 15 is 0 Å². The molecule has 0 aromatic carbocycles. The van der Waals surface area contributed by atoms with E-state index < -0.39 is 11.9 Å². The minimum absolute atomic E-state index is 0.00324. The normalized spacial score (nSPS) is 9.57. The van der Waals surface area contributed by atoms with Gasteiger partial charge in [0.2, 0.25) is 0 Å². The summed E-state index contributed by atoms with van der Waals surface area (Å²) in [7, 11) is 0. The van der Waals surface area contributed by atoms with Gasteiger partial charge < -0.3 is 18.9 Å². The summed E-state index contributed by atoms with van der Waals surface area (Å²) in [6.45, 7) is 7.45. The van der Waals surface area contributed by atoms with Gasteiger partial charge in [0, 0.05) is 12.2 Å². The zero-order valence-electron chi connectivity index (χ0n) is 13.0. The Morgan fingerprint density at radius 3 is 1.83 bits per heavy atom. The molecule has 0 atom stereocenters. The maximum atomic E-state index is 11.5. The quantitative estimate of drug-likeness (QED) is 0.267. The van der Waals surface area contributed by atoms with Crippen LogP contribution in [0, 0.1) is 0 Å². The predicted molar refractivity (Wildman–Crippen MR) is 85.5 cm³/mol. The molecule has 7 nitrogen and oxygen atoms in total. The van der Waals surface area contributed by atoms with Crippen molar-refractivity contribution in [3.8, 4) is 0 Å². The summed E-state index contributed by atoms with van der Waals surface area (Å²) in [6.07, 6.45) is 2.70. The van der Waals surface area contributed by atoms with E-state index in [1.54, 1.807) is 0 Å². The molecule has 0 saturated carbocycles. The van der Waals surface area contributed by atoms with Gasteiger partial charge in [-0.1, -0.05) is 24.9 Å². The molecule has 0 amide bonds. The predicted octanol–water partition coefficient (Wildman–Crippen LogP) is 1.82. The number of ether oxygens (including phenoxy) is 4. The maximum Gasteiger partial charge on any atom is 0.306 e. The van der Waals surface area contributed by atoms with E-state index in [-0.39, 0.29) is 50.8 Å². The van der Waals surface area contributed by atoms with Crippen molar-refractivity contribution in [1.82, 2.24) is 0 Å². The summed E-state index contributed by atoms with van der Waals surface area (Å²) in [4.78, 5) is 34.1. The molecule has 0 aromatic rings. The smallest absolute Gasteiger partial charge is 0.306 e. The molecule has 0 aromatic heterocycles. The molecule has 0 rings (SSSR count). The van der Waals surface area contributed by atoms with Crippen LogP contribution in [0.3, 0.4) is 0 Å². The molecule has 0 unspecified atom stereocenters. The molecule has 0 radical (unpaired) electrons. The van der Waals surface area contributed by atoms with E-state index in [1.165, 1.54) is 12.5 Å². The Bertz CT molecular complexity index is 395. The van der Waals surface area contributed by atoms with E-state index in [9.17, 15) is 14.4 Å². The highest BCUT2D eigenvalue weighted by Crippen LogP contribution is 2.10. The number of hydrogen-bond donors (Lipinski definition) is 0. The van der Waals surface area contributed by atoms with Crippen LogP contribution in [0.4, 0.5) is 0 Å². The molecule has 0 heterocycles. The average Bonchev–Trinajstić information content (AvgIpc) is 2.54. The molecular formula is C15H22O7S. The molecule has 130 valence electrons. The number of esters is 2. The van der Waals surface area contributed by atoms with Crippen molar-refractivity contribution in [1.29, 1.82) is 0 Å². The largest absolute Gasteiger partial charge is 0.498 e. The van der Waals surface area contributed by atoms with Gasteiger partial charge in [-0.25, -0.2) is 0 Å². The summed E-state index contributed by atoms with van der Waals surface area (Å²) in [6, 6.07) is 0. The third kappa shape index (κ3) is 14.7. The van der Waals surface area contributed by atoms with Crippen molar-refractivity contribution in [3.05, 3.63) is 25.7 Å². The molecule has 0 bridgehead atoms. The van der Waals surface area contributed by atoms with Crippen LogP contribution in [0.2, 0.25) is 0 Å². The van der Waals surface area contributed by atoms with Gasteiger partial charge in [-0.3, -0.25) is 14.4 Å². The molecule has 8 heteroatoms. The molecule has 0 N–H and O–H groups in total. The van der Waals surface area contributed by atoms with Crippen LogP contribution in [-0.2, 0) is 33.3 Å². The second kappa shape index (κ2) is 15.0. The lowest BCUT2D eigenvalue weighted by Crippen LogP contribution is -2.11. The van der Waals surface area contributed by atoms with Gasteiger partial charge in [-0.2, -0.15) is 0 Å². The topological polar surface area (TPSA) is 88.1 Å². The Morgan fingerprint density at radius 1 is 0.783 bits per heavy atom. The summed E-state index contributed by atoms with van der Waals surface area (Å²) in [5, 5.41) is -0.174. The lowest BCUT2D eigenvalue weighted by Gasteiger charge is -2.05. The Hall–Kier alpha value is -1.96. The summed E-state index contributed by atoms with van der Waals surface area (Å²) in [5.41, 5.74) is 0. The summed E-state index contributed by atoms with van der Waals surface area (Å²) >= 11 is 0.990. The SMILES string of the molecule is C=COCCOC(=O)CCSC(=O)CCC(=O)OCCOC=C.